The molecule has 6 heteroatoms. The van der Waals surface area contributed by atoms with E-state index in [2.05, 4.69) is 22.8 Å². The normalized spacial score (nSPS) is 17.8. The van der Waals surface area contributed by atoms with Crippen LogP contribution in [0.3, 0.4) is 0 Å². The maximum absolute atomic E-state index is 13.0. The van der Waals surface area contributed by atoms with Crippen molar-refractivity contribution < 1.29 is 9.59 Å². The average molecular weight is 427 g/mol. The molecule has 0 bridgehead atoms. The number of fused-ring (bicyclic) bond motifs is 1. The second kappa shape index (κ2) is 9.52. The van der Waals surface area contributed by atoms with E-state index < -0.39 is 11.9 Å². The van der Waals surface area contributed by atoms with E-state index in [0.717, 1.165) is 27.7 Å². The van der Waals surface area contributed by atoms with Crippen LogP contribution in [0, 0.1) is 11.5 Å². The quantitative estimate of drug-likeness (QED) is 0.443. The molecule has 3 amide bonds. The first-order valence-electron chi connectivity index (χ1n) is 10.9. The third kappa shape index (κ3) is 4.89. The van der Waals surface area contributed by atoms with Crippen LogP contribution in [0.4, 0.5) is 4.79 Å². The molecular weight excluding hydrogens is 400 g/mol. The minimum absolute atomic E-state index is 0.0482. The van der Waals surface area contributed by atoms with Crippen LogP contribution in [0.15, 0.2) is 72.8 Å². The number of hydrogen-bond acceptors (Lipinski definition) is 3. The van der Waals surface area contributed by atoms with Gasteiger partial charge < -0.3 is 10.6 Å². The second-order valence-electron chi connectivity index (χ2n) is 8.10. The highest BCUT2D eigenvalue weighted by atomic mass is 16.2. The molecule has 0 spiro atoms. The number of nitrogens with zero attached hydrogens (tertiary/aromatic N) is 2. The molecule has 3 aromatic rings. The van der Waals surface area contributed by atoms with Crippen LogP contribution in [0.25, 0.3) is 10.8 Å². The van der Waals surface area contributed by atoms with Crippen LogP contribution in [0.1, 0.15) is 30.4 Å². The smallest absolute Gasteiger partial charge is 0.315 e. The third-order valence-corrected chi connectivity index (χ3v) is 5.89. The van der Waals surface area contributed by atoms with E-state index in [1.54, 1.807) is 6.92 Å². The first-order chi connectivity index (χ1) is 15.6. The first kappa shape index (κ1) is 21.4. The fourth-order valence-electron chi connectivity index (χ4n) is 4.06. The molecule has 3 atom stereocenters. The molecule has 32 heavy (non-hydrogen) atoms. The van der Waals surface area contributed by atoms with E-state index in [4.69, 9.17) is 0 Å². The number of likely N-dealkylation sites (N-methyl/N-ethyl adjacent to an activating group) is 1. The fraction of sp³-hybridized carbons (Fsp3) is 0.269. The Morgan fingerprint density at radius 1 is 1.06 bits per heavy atom. The number of rotatable bonds is 7. The molecule has 2 N–H and O–H groups in total. The van der Waals surface area contributed by atoms with Gasteiger partial charge in [0, 0.05) is 24.9 Å². The van der Waals surface area contributed by atoms with Gasteiger partial charge in [0.05, 0.1) is 0 Å². The van der Waals surface area contributed by atoms with Gasteiger partial charge >= 0.3 is 6.03 Å². The summed E-state index contributed by atoms with van der Waals surface area (Å²) in [6.45, 7) is 1.99. The van der Waals surface area contributed by atoms with Gasteiger partial charge in [0.2, 0.25) is 0 Å². The number of nitrogens with one attached hydrogen (secondary N) is 2. The molecular formula is C26H26N4O2. The van der Waals surface area contributed by atoms with Crippen molar-refractivity contribution in [1.29, 1.82) is 5.26 Å². The molecule has 0 heterocycles. The molecule has 0 saturated heterocycles. The maximum atomic E-state index is 13.0. The zero-order valence-corrected chi connectivity index (χ0v) is 18.0. The van der Waals surface area contributed by atoms with Crippen molar-refractivity contribution in [2.75, 3.05) is 6.54 Å². The molecule has 1 fully saturated rings. The summed E-state index contributed by atoms with van der Waals surface area (Å²) >= 11 is 0. The maximum Gasteiger partial charge on any atom is 0.315 e. The number of carbonyl (C=O) groups excluding carboxylic acids is 2. The summed E-state index contributed by atoms with van der Waals surface area (Å²) in [7, 11) is 0. The Hall–Kier alpha value is -3.85. The molecule has 3 unspecified atom stereocenters. The predicted molar refractivity (Wildman–Crippen MR) is 124 cm³/mol. The van der Waals surface area contributed by atoms with Gasteiger partial charge in [0.1, 0.15) is 6.04 Å². The topological polar surface area (TPSA) is 85.2 Å². The lowest BCUT2D eigenvalue weighted by molar-refractivity contribution is -0.129. The minimum atomic E-state index is -0.829. The number of carbonyl (C=O) groups is 2. The zero-order chi connectivity index (χ0) is 22.5. The van der Waals surface area contributed by atoms with Gasteiger partial charge in [-0.3, -0.25) is 4.79 Å². The Labute approximate surface area is 187 Å². The van der Waals surface area contributed by atoms with Gasteiger partial charge in [-0.15, -0.1) is 0 Å². The Bertz CT molecular complexity index is 1160. The van der Waals surface area contributed by atoms with Gasteiger partial charge in [-0.05, 0) is 35.2 Å². The van der Waals surface area contributed by atoms with Crippen molar-refractivity contribution in [3.05, 3.63) is 83.9 Å². The predicted octanol–water partition coefficient (Wildman–Crippen LogP) is 3.94. The number of amides is 3. The van der Waals surface area contributed by atoms with Crippen LogP contribution in [0.2, 0.25) is 0 Å². The monoisotopic (exact) mass is 426 g/mol. The molecule has 0 radical (unpaired) electrons. The largest absolute Gasteiger partial charge is 0.335 e. The lowest BCUT2D eigenvalue weighted by Gasteiger charge is -2.22. The Morgan fingerprint density at radius 2 is 1.78 bits per heavy atom. The summed E-state index contributed by atoms with van der Waals surface area (Å²) < 4.78 is 0. The van der Waals surface area contributed by atoms with Crippen LogP contribution >= 0.6 is 0 Å². The van der Waals surface area contributed by atoms with E-state index in [1.165, 1.54) is 5.56 Å². The lowest BCUT2D eigenvalue weighted by Crippen LogP contribution is -2.51. The number of urea groups is 1. The SMILES string of the molecule is CCN(C#N)C(=O)C(Cc1ccc2ccccc2c1)NC(=O)NC1CC1c1ccccc1. The van der Waals surface area contributed by atoms with E-state index in [0.29, 0.717) is 12.3 Å². The average Bonchev–Trinajstić information content (AvgIpc) is 3.58. The van der Waals surface area contributed by atoms with E-state index >= 15 is 0 Å². The van der Waals surface area contributed by atoms with Crippen molar-refractivity contribution in [3.8, 4) is 6.19 Å². The Balaban J connectivity index is 1.46. The summed E-state index contributed by atoms with van der Waals surface area (Å²) in [5.41, 5.74) is 2.12. The van der Waals surface area contributed by atoms with E-state index in [-0.39, 0.29) is 18.6 Å². The van der Waals surface area contributed by atoms with Gasteiger partial charge in [-0.1, -0.05) is 72.8 Å². The molecule has 162 valence electrons. The highest BCUT2D eigenvalue weighted by Gasteiger charge is 2.40. The van der Waals surface area contributed by atoms with Gasteiger partial charge in [0.25, 0.3) is 5.91 Å². The summed E-state index contributed by atoms with van der Waals surface area (Å²) in [6, 6.07) is 22.9. The van der Waals surface area contributed by atoms with Crippen LogP contribution in [0.5, 0.6) is 0 Å². The Morgan fingerprint density at radius 3 is 2.50 bits per heavy atom. The van der Waals surface area contributed by atoms with Crippen molar-refractivity contribution in [1.82, 2.24) is 15.5 Å². The van der Waals surface area contributed by atoms with Gasteiger partial charge in [-0.2, -0.15) is 5.26 Å². The molecule has 1 saturated carbocycles. The van der Waals surface area contributed by atoms with Crippen molar-refractivity contribution in [2.24, 2.45) is 0 Å². The number of hydrogen-bond donors (Lipinski definition) is 2. The molecule has 1 aliphatic carbocycles. The summed E-state index contributed by atoms with van der Waals surface area (Å²) in [4.78, 5) is 26.7. The number of nitriles is 1. The van der Waals surface area contributed by atoms with Crippen molar-refractivity contribution >= 4 is 22.7 Å². The van der Waals surface area contributed by atoms with E-state index in [9.17, 15) is 14.9 Å². The molecule has 3 aromatic carbocycles. The zero-order valence-electron chi connectivity index (χ0n) is 18.0. The van der Waals surface area contributed by atoms with Crippen molar-refractivity contribution in [2.45, 2.75) is 37.8 Å². The van der Waals surface area contributed by atoms with Gasteiger partial charge in [0.15, 0.2) is 6.19 Å². The van der Waals surface area contributed by atoms with Gasteiger partial charge in [-0.25, -0.2) is 9.69 Å². The summed E-state index contributed by atoms with van der Waals surface area (Å²) in [5.74, 6) is -0.114. The standard InChI is InChI=1S/C26H26N4O2/c1-2-30(17-27)25(31)24(15-18-12-13-19-8-6-7-11-21(19)14-18)29-26(32)28-23-16-22(23)20-9-4-3-5-10-20/h3-14,22-24H,2,15-16H2,1H3,(H2,28,29,32). The van der Waals surface area contributed by atoms with Crippen LogP contribution < -0.4 is 10.6 Å². The molecule has 1 aliphatic rings. The second-order valence-corrected chi connectivity index (χ2v) is 8.10. The molecule has 0 aliphatic heterocycles. The molecule has 0 aromatic heterocycles. The third-order valence-electron chi connectivity index (χ3n) is 5.89. The van der Waals surface area contributed by atoms with Crippen molar-refractivity contribution in [3.63, 3.8) is 0 Å². The summed E-state index contributed by atoms with van der Waals surface area (Å²) in [6.07, 6.45) is 3.10. The van der Waals surface area contributed by atoms with Crippen LogP contribution in [-0.2, 0) is 11.2 Å². The highest BCUT2D eigenvalue weighted by molar-refractivity contribution is 5.89. The highest BCUT2D eigenvalue weighted by Crippen LogP contribution is 2.40. The molecule has 4 rings (SSSR count). The fourth-order valence-corrected chi connectivity index (χ4v) is 4.06. The molecule has 6 nitrogen and oxygen atoms in total. The Kier molecular flexibility index (Phi) is 6.37. The minimum Gasteiger partial charge on any atom is -0.335 e. The lowest BCUT2D eigenvalue weighted by atomic mass is 10.0. The summed E-state index contributed by atoms with van der Waals surface area (Å²) in [5, 5.41) is 17.3. The van der Waals surface area contributed by atoms with Crippen LogP contribution in [-0.4, -0.2) is 35.5 Å². The first-order valence-corrected chi connectivity index (χ1v) is 10.9. The number of benzene rings is 3. The van der Waals surface area contributed by atoms with E-state index in [1.807, 2.05) is 66.9 Å².